The molecule has 0 heterocycles. The maximum Gasteiger partial charge on any atom is 0.242 e. The smallest absolute Gasteiger partial charge is 0.242 e. The van der Waals surface area contributed by atoms with Crippen LogP contribution in [-0.4, -0.2) is 28.8 Å². The molecular weight excluding hydrogens is 383 g/mol. The Morgan fingerprint density at radius 1 is 1.00 bits per heavy atom. The van der Waals surface area contributed by atoms with Crippen molar-refractivity contribution in [2.45, 2.75) is 45.8 Å². The fourth-order valence-electron chi connectivity index (χ4n) is 2.68. The molecule has 0 aromatic heterocycles. The van der Waals surface area contributed by atoms with E-state index < -0.39 is 6.04 Å². The summed E-state index contributed by atoms with van der Waals surface area (Å²) in [4.78, 5) is 27.1. The number of carbonyl (C=O) groups is 2. The second-order valence-electron chi connectivity index (χ2n) is 6.76. The Bertz CT molecular complexity index is 791. The Morgan fingerprint density at radius 3 is 2.22 bits per heavy atom. The van der Waals surface area contributed by atoms with Crippen LogP contribution in [-0.2, 0) is 22.6 Å². The van der Waals surface area contributed by atoms with Gasteiger partial charge in [-0.2, -0.15) is 0 Å². The summed E-state index contributed by atoms with van der Waals surface area (Å²) in [6, 6.07) is 13.8. The van der Waals surface area contributed by atoms with Gasteiger partial charge in [0.05, 0.1) is 6.42 Å². The van der Waals surface area contributed by atoms with E-state index in [1.54, 1.807) is 30.0 Å². The van der Waals surface area contributed by atoms with E-state index in [1.807, 2.05) is 44.2 Å². The van der Waals surface area contributed by atoms with Gasteiger partial charge >= 0.3 is 0 Å². The van der Waals surface area contributed by atoms with Crippen LogP contribution >= 0.6 is 23.2 Å². The van der Waals surface area contributed by atoms with Crippen LogP contribution in [0.5, 0.6) is 0 Å². The first kappa shape index (κ1) is 21.3. The summed E-state index contributed by atoms with van der Waals surface area (Å²) in [7, 11) is 0. The van der Waals surface area contributed by atoms with Crippen molar-refractivity contribution in [2.75, 3.05) is 0 Å². The number of halogens is 2. The van der Waals surface area contributed by atoms with Crippen LogP contribution in [0.25, 0.3) is 0 Å². The van der Waals surface area contributed by atoms with Crippen LogP contribution in [0.3, 0.4) is 0 Å². The highest BCUT2D eigenvalue weighted by molar-refractivity contribution is 6.31. The molecule has 2 amide bonds. The van der Waals surface area contributed by atoms with Gasteiger partial charge in [0, 0.05) is 22.6 Å². The number of hydrogen-bond acceptors (Lipinski definition) is 2. The molecule has 0 saturated carbocycles. The minimum absolute atomic E-state index is 0.00604. The molecule has 4 nitrogen and oxygen atoms in total. The zero-order valence-corrected chi connectivity index (χ0v) is 17.2. The van der Waals surface area contributed by atoms with Crippen LogP contribution in [0.15, 0.2) is 48.5 Å². The molecule has 1 atom stereocenters. The minimum Gasteiger partial charge on any atom is -0.352 e. The zero-order chi connectivity index (χ0) is 20.0. The second kappa shape index (κ2) is 9.77. The van der Waals surface area contributed by atoms with E-state index in [0.717, 1.165) is 11.1 Å². The Morgan fingerprint density at radius 2 is 1.63 bits per heavy atom. The van der Waals surface area contributed by atoms with E-state index in [1.165, 1.54) is 0 Å². The fourth-order valence-corrected chi connectivity index (χ4v) is 3.00. The number of nitrogens with one attached hydrogen (secondary N) is 1. The van der Waals surface area contributed by atoms with Gasteiger partial charge in [0.15, 0.2) is 0 Å². The summed E-state index contributed by atoms with van der Waals surface area (Å²) in [5.41, 5.74) is 1.64. The number of amides is 2. The molecule has 0 aliphatic rings. The van der Waals surface area contributed by atoms with E-state index in [4.69, 9.17) is 23.2 Å². The van der Waals surface area contributed by atoms with Gasteiger partial charge in [0.2, 0.25) is 11.8 Å². The Kier molecular flexibility index (Phi) is 7.69. The van der Waals surface area contributed by atoms with Crippen molar-refractivity contribution in [3.8, 4) is 0 Å². The molecule has 0 unspecified atom stereocenters. The maximum atomic E-state index is 13.0. The molecule has 27 heavy (non-hydrogen) atoms. The summed E-state index contributed by atoms with van der Waals surface area (Å²) < 4.78 is 0. The van der Waals surface area contributed by atoms with Crippen LogP contribution in [0.4, 0.5) is 0 Å². The van der Waals surface area contributed by atoms with Gasteiger partial charge in [0.1, 0.15) is 6.04 Å². The quantitative estimate of drug-likeness (QED) is 0.736. The second-order valence-corrected chi connectivity index (χ2v) is 7.60. The van der Waals surface area contributed by atoms with Gasteiger partial charge in [-0.15, -0.1) is 0 Å². The highest BCUT2D eigenvalue weighted by Crippen LogP contribution is 2.20. The lowest BCUT2D eigenvalue weighted by atomic mass is 10.1. The Hall–Kier alpha value is -2.04. The summed E-state index contributed by atoms with van der Waals surface area (Å²) in [5, 5.41) is 4.05. The number of hydrogen-bond donors (Lipinski definition) is 1. The number of carbonyl (C=O) groups excluding carboxylic acids is 2. The van der Waals surface area contributed by atoms with E-state index in [0.29, 0.717) is 10.0 Å². The lowest BCUT2D eigenvalue weighted by Crippen LogP contribution is -2.49. The van der Waals surface area contributed by atoms with E-state index in [2.05, 4.69) is 5.32 Å². The van der Waals surface area contributed by atoms with Crippen LogP contribution in [0, 0.1) is 0 Å². The fraction of sp³-hybridized carbons (Fsp3) is 0.333. The normalized spacial score (nSPS) is 11.9. The topological polar surface area (TPSA) is 49.4 Å². The zero-order valence-electron chi connectivity index (χ0n) is 15.7. The third kappa shape index (κ3) is 6.26. The SMILES string of the molecule is CC(C)NC(=O)[C@H](C)N(Cc1ccccc1Cl)C(=O)Cc1ccc(Cl)cc1. The highest BCUT2D eigenvalue weighted by Gasteiger charge is 2.27. The molecule has 0 aliphatic heterocycles. The maximum absolute atomic E-state index is 13.0. The highest BCUT2D eigenvalue weighted by atomic mass is 35.5. The molecule has 0 saturated heterocycles. The van der Waals surface area contributed by atoms with E-state index in [-0.39, 0.29) is 30.8 Å². The minimum atomic E-state index is -0.622. The first-order chi connectivity index (χ1) is 12.8. The summed E-state index contributed by atoms with van der Waals surface area (Å²) in [6.07, 6.45) is 0.181. The molecule has 0 radical (unpaired) electrons. The first-order valence-corrected chi connectivity index (χ1v) is 9.61. The van der Waals surface area contributed by atoms with Crippen molar-refractivity contribution >= 4 is 35.0 Å². The summed E-state index contributed by atoms with van der Waals surface area (Å²) in [5.74, 6) is -0.342. The van der Waals surface area contributed by atoms with Crippen molar-refractivity contribution in [1.29, 1.82) is 0 Å². The van der Waals surface area contributed by atoms with Gasteiger partial charge in [-0.05, 0) is 50.1 Å². The molecule has 2 aromatic carbocycles. The van der Waals surface area contributed by atoms with Crippen LogP contribution in [0.2, 0.25) is 10.0 Å². The van der Waals surface area contributed by atoms with Crippen molar-refractivity contribution < 1.29 is 9.59 Å². The predicted octanol–water partition coefficient (Wildman–Crippen LogP) is 4.48. The molecule has 1 N–H and O–H groups in total. The van der Waals surface area contributed by atoms with E-state index in [9.17, 15) is 9.59 Å². The Labute approximate surface area is 170 Å². The van der Waals surface area contributed by atoms with Crippen molar-refractivity contribution in [3.63, 3.8) is 0 Å². The summed E-state index contributed by atoms with van der Waals surface area (Å²) in [6.45, 7) is 5.77. The first-order valence-electron chi connectivity index (χ1n) is 8.85. The summed E-state index contributed by atoms with van der Waals surface area (Å²) >= 11 is 12.2. The van der Waals surface area contributed by atoms with Crippen molar-refractivity contribution in [2.24, 2.45) is 0 Å². The lowest BCUT2D eigenvalue weighted by molar-refractivity contribution is -0.140. The molecule has 0 spiro atoms. The van der Waals surface area contributed by atoms with E-state index >= 15 is 0 Å². The third-order valence-corrected chi connectivity index (χ3v) is 4.79. The average Bonchev–Trinajstić information content (AvgIpc) is 2.61. The third-order valence-electron chi connectivity index (χ3n) is 4.17. The number of nitrogens with zero attached hydrogens (tertiary/aromatic N) is 1. The average molecular weight is 407 g/mol. The standard InChI is InChI=1S/C21H24Cl2N2O2/c1-14(2)24-21(27)15(3)25(13-17-6-4-5-7-19(17)23)20(26)12-16-8-10-18(22)11-9-16/h4-11,14-15H,12-13H2,1-3H3,(H,24,27)/t15-/m0/s1. The Balaban J connectivity index is 2.24. The molecule has 0 aliphatic carbocycles. The number of rotatable bonds is 7. The van der Waals surface area contributed by atoms with Gasteiger partial charge in [-0.3, -0.25) is 9.59 Å². The van der Waals surface area contributed by atoms with Gasteiger partial charge in [-0.25, -0.2) is 0 Å². The molecule has 0 bridgehead atoms. The van der Waals surface area contributed by atoms with Gasteiger partial charge < -0.3 is 10.2 Å². The molecular formula is C21H24Cl2N2O2. The van der Waals surface area contributed by atoms with Gasteiger partial charge in [-0.1, -0.05) is 53.5 Å². The molecule has 6 heteroatoms. The molecule has 0 fully saturated rings. The molecule has 2 rings (SSSR count). The lowest BCUT2D eigenvalue weighted by Gasteiger charge is -2.29. The molecule has 2 aromatic rings. The van der Waals surface area contributed by atoms with Crippen molar-refractivity contribution in [1.82, 2.24) is 10.2 Å². The number of benzene rings is 2. The van der Waals surface area contributed by atoms with Crippen molar-refractivity contribution in [3.05, 3.63) is 69.7 Å². The van der Waals surface area contributed by atoms with Crippen LogP contribution < -0.4 is 5.32 Å². The largest absolute Gasteiger partial charge is 0.352 e. The molecule has 144 valence electrons. The van der Waals surface area contributed by atoms with Gasteiger partial charge in [0.25, 0.3) is 0 Å². The predicted molar refractivity (Wildman–Crippen MR) is 110 cm³/mol. The van der Waals surface area contributed by atoms with Crippen LogP contribution in [0.1, 0.15) is 31.9 Å². The monoisotopic (exact) mass is 406 g/mol.